The highest BCUT2D eigenvalue weighted by Crippen LogP contribution is 2.29. The highest BCUT2D eigenvalue weighted by Gasteiger charge is 2.21. The quantitative estimate of drug-likeness (QED) is 0.730. The number of aromatic amines is 1. The van der Waals surface area contributed by atoms with Crippen molar-refractivity contribution in [3.05, 3.63) is 35.3 Å². The number of halogens is 1. The Balaban J connectivity index is 1.47. The van der Waals surface area contributed by atoms with Crippen LogP contribution in [0.2, 0.25) is 0 Å². The number of H-pyrrole nitrogens is 1. The van der Waals surface area contributed by atoms with Crippen molar-refractivity contribution in [2.75, 3.05) is 13.1 Å². The van der Waals surface area contributed by atoms with Crippen LogP contribution in [0.25, 0.3) is 10.9 Å². The molecule has 1 amide bonds. The van der Waals surface area contributed by atoms with Gasteiger partial charge in [-0.2, -0.15) is 0 Å². The number of benzene rings is 1. The summed E-state index contributed by atoms with van der Waals surface area (Å²) in [5.41, 5.74) is 6.66. The number of nitrogens with zero attached hydrogens (tertiary/aromatic N) is 1. The van der Waals surface area contributed by atoms with Crippen molar-refractivity contribution in [1.29, 1.82) is 0 Å². The number of unbranched alkanes of at least 4 members (excludes halogenated alkanes) is 4. The molecule has 0 bridgehead atoms. The van der Waals surface area contributed by atoms with Crippen LogP contribution in [0.15, 0.2) is 18.2 Å². The summed E-state index contributed by atoms with van der Waals surface area (Å²) < 4.78 is 14.1. The Hall–Kier alpha value is -1.72. The van der Waals surface area contributed by atoms with Gasteiger partial charge in [-0.1, -0.05) is 25.3 Å². The molecule has 1 aliphatic heterocycles. The van der Waals surface area contributed by atoms with Gasteiger partial charge in [-0.15, -0.1) is 0 Å². The number of hydrogen-bond acceptors (Lipinski definition) is 2. The van der Waals surface area contributed by atoms with Crippen LogP contribution in [0.1, 0.15) is 49.8 Å². The minimum Gasteiger partial charge on any atom is -0.358 e. The molecule has 130 valence electrons. The number of quaternary nitrogens is 1. The first-order valence-electron chi connectivity index (χ1n) is 9.00. The van der Waals surface area contributed by atoms with Gasteiger partial charge in [0.25, 0.3) is 0 Å². The summed E-state index contributed by atoms with van der Waals surface area (Å²) in [6.07, 6.45) is 7.18. The topological polar surface area (TPSA) is 63.7 Å². The van der Waals surface area contributed by atoms with Gasteiger partial charge in [0.2, 0.25) is 0 Å². The Bertz CT molecular complexity index is 710. The van der Waals surface area contributed by atoms with Crippen LogP contribution in [-0.2, 0) is 17.8 Å². The number of rotatable bonds is 8. The zero-order valence-electron chi connectivity index (χ0n) is 14.2. The Labute approximate surface area is 142 Å². The molecule has 0 unspecified atom stereocenters. The average Bonchev–Trinajstić information content (AvgIpc) is 2.92. The molecule has 0 radical (unpaired) electrons. The predicted octanol–water partition coefficient (Wildman–Crippen LogP) is 2.77. The molecule has 2 heterocycles. The minimum absolute atomic E-state index is 0.0464. The second kappa shape index (κ2) is 7.90. The molecule has 3 rings (SSSR count). The van der Waals surface area contributed by atoms with Crippen LogP contribution in [-0.4, -0.2) is 28.9 Å². The van der Waals surface area contributed by atoms with Gasteiger partial charge in [-0.25, -0.2) is 9.18 Å². The third-order valence-electron chi connectivity index (χ3n) is 4.95. The summed E-state index contributed by atoms with van der Waals surface area (Å²) in [5.74, 6) is -0.0723. The Kier molecular flexibility index (Phi) is 5.63. The van der Waals surface area contributed by atoms with Gasteiger partial charge < -0.3 is 4.98 Å². The predicted molar refractivity (Wildman–Crippen MR) is 92.8 cm³/mol. The van der Waals surface area contributed by atoms with Crippen molar-refractivity contribution in [1.82, 2.24) is 9.88 Å². The van der Waals surface area contributed by atoms with E-state index in [2.05, 4.69) is 15.6 Å². The Morgan fingerprint density at radius 1 is 1.21 bits per heavy atom. The molecule has 4 nitrogen and oxygen atoms in total. The number of fused-ring (bicyclic) bond motifs is 3. The van der Waals surface area contributed by atoms with Gasteiger partial charge in [0, 0.05) is 36.1 Å². The Morgan fingerprint density at radius 3 is 2.83 bits per heavy atom. The molecule has 5 heteroatoms. The molecule has 0 fully saturated rings. The third kappa shape index (κ3) is 4.02. The molecule has 0 saturated heterocycles. The smallest absolute Gasteiger partial charge is 0.308 e. The van der Waals surface area contributed by atoms with Crippen LogP contribution in [0.3, 0.4) is 0 Å². The van der Waals surface area contributed by atoms with Crippen molar-refractivity contribution >= 4 is 16.8 Å². The fourth-order valence-corrected chi connectivity index (χ4v) is 3.66. The number of amides is 1. The van der Waals surface area contributed by atoms with E-state index in [0.717, 1.165) is 55.4 Å². The molecule has 4 N–H and O–H groups in total. The second-order valence-corrected chi connectivity index (χ2v) is 6.83. The van der Waals surface area contributed by atoms with Crippen LogP contribution in [0.4, 0.5) is 4.39 Å². The van der Waals surface area contributed by atoms with E-state index >= 15 is 0 Å². The average molecular weight is 332 g/mol. The molecule has 1 aliphatic rings. The normalized spacial score (nSPS) is 14.9. The first-order chi connectivity index (χ1) is 11.6. The Morgan fingerprint density at radius 2 is 2.00 bits per heavy atom. The molecular formula is C19H27FN3O+. The zero-order valence-corrected chi connectivity index (χ0v) is 14.2. The summed E-state index contributed by atoms with van der Waals surface area (Å²) in [6.45, 7) is 2.94. The van der Waals surface area contributed by atoms with E-state index in [0.29, 0.717) is 6.42 Å². The summed E-state index contributed by atoms with van der Waals surface area (Å²) in [7, 11) is 0. The summed E-state index contributed by atoms with van der Waals surface area (Å²) in [4.78, 5) is 16.6. The van der Waals surface area contributed by atoms with Crippen molar-refractivity contribution in [3.63, 3.8) is 0 Å². The maximum atomic E-state index is 14.1. The van der Waals surface area contributed by atoms with Crippen LogP contribution >= 0.6 is 0 Å². The van der Waals surface area contributed by atoms with Crippen LogP contribution in [0, 0.1) is 5.82 Å². The minimum atomic E-state index is -0.119. The number of aromatic nitrogens is 1. The molecule has 2 aromatic rings. The largest absolute Gasteiger partial charge is 0.358 e. The van der Waals surface area contributed by atoms with E-state index in [4.69, 9.17) is 0 Å². The van der Waals surface area contributed by atoms with E-state index in [9.17, 15) is 9.18 Å². The second-order valence-electron chi connectivity index (χ2n) is 6.83. The lowest BCUT2D eigenvalue weighted by Gasteiger charge is -2.27. The van der Waals surface area contributed by atoms with Crippen molar-refractivity contribution in [2.24, 2.45) is 0 Å². The van der Waals surface area contributed by atoms with Gasteiger partial charge in [0.1, 0.15) is 5.82 Å². The zero-order chi connectivity index (χ0) is 16.9. The molecule has 0 spiro atoms. The SMILES string of the molecule is [NH3+]C(=O)CCCCCCCN1CCc2[nH]c3cccc(F)c3c2C1. The van der Waals surface area contributed by atoms with Gasteiger partial charge in [-0.3, -0.25) is 10.6 Å². The highest BCUT2D eigenvalue weighted by atomic mass is 19.1. The van der Waals surface area contributed by atoms with Crippen LogP contribution in [0.5, 0.6) is 0 Å². The fourth-order valence-electron chi connectivity index (χ4n) is 3.66. The van der Waals surface area contributed by atoms with E-state index in [1.807, 2.05) is 6.07 Å². The van der Waals surface area contributed by atoms with Gasteiger partial charge in [0.15, 0.2) is 0 Å². The first-order valence-corrected chi connectivity index (χ1v) is 9.00. The lowest BCUT2D eigenvalue weighted by molar-refractivity contribution is -0.305. The van der Waals surface area contributed by atoms with E-state index in [1.165, 1.54) is 25.0 Å². The maximum Gasteiger partial charge on any atom is 0.308 e. The first kappa shape index (κ1) is 17.1. The van der Waals surface area contributed by atoms with Crippen molar-refractivity contribution < 1.29 is 14.9 Å². The molecule has 0 saturated carbocycles. The van der Waals surface area contributed by atoms with E-state index in [-0.39, 0.29) is 11.7 Å². The standard InChI is InChI=1S/C19H26FN3O/c20-15-7-6-8-17-19(15)14-13-23(12-10-16(14)22-17)11-5-3-1-2-4-9-18(21)24/h6-8,22H,1-5,9-13H2,(H2,21,24)/p+1. The van der Waals surface area contributed by atoms with E-state index in [1.54, 1.807) is 12.1 Å². The van der Waals surface area contributed by atoms with Crippen LogP contribution < -0.4 is 5.73 Å². The fraction of sp³-hybridized carbons (Fsp3) is 0.526. The number of carbonyl (C=O) groups excluding carboxylic acids is 1. The monoisotopic (exact) mass is 332 g/mol. The number of nitrogens with one attached hydrogen (secondary N) is 1. The number of carbonyl (C=O) groups is 1. The lowest BCUT2D eigenvalue weighted by atomic mass is 10.0. The molecular weight excluding hydrogens is 305 g/mol. The summed E-state index contributed by atoms with van der Waals surface area (Å²) in [6, 6.07) is 5.27. The lowest BCUT2D eigenvalue weighted by Crippen LogP contribution is -2.56. The molecule has 0 atom stereocenters. The van der Waals surface area contributed by atoms with Gasteiger partial charge in [0.05, 0.1) is 6.42 Å². The number of hydrogen-bond donors (Lipinski definition) is 2. The molecule has 0 aliphatic carbocycles. The van der Waals surface area contributed by atoms with E-state index < -0.39 is 0 Å². The van der Waals surface area contributed by atoms with Gasteiger partial charge in [-0.05, 0) is 37.1 Å². The molecule has 1 aromatic carbocycles. The summed E-state index contributed by atoms with van der Waals surface area (Å²) in [5, 5.41) is 0.773. The molecule has 1 aromatic heterocycles. The van der Waals surface area contributed by atoms with Crippen molar-refractivity contribution in [2.45, 2.75) is 51.5 Å². The third-order valence-corrected chi connectivity index (χ3v) is 4.95. The summed E-state index contributed by atoms with van der Waals surface area (Å²) >= 11 is 0. The highest BCUT2D eigenvalue weighted by molar-refractivity contribution is 5.85. The van der Waals surface area contributed by atoms with Crippen molar-refractivity contribution in [3.8, 4) is 0 Å². The van der Waals surface area contributed by atoms with Gasteiger partial charge >= 0.3 is 5.91 Å². The maximum absolute atomic E-state index is 14.1. The molecule has 24 heavy (non-hydrogen) atoms.